The van der Waals surface area contributed by atoms with E-state index in [0.717, 1.165) is 18.9 Å². The fourth-order valence-corrected chi connectivity index (χ4v) is 1.03. The maximum absolute atomic E-state index is 5.65. The van der Waals surface area contributed by atoms with Crippen LogP contribution in [-0.4, -0.2) is 28.7 Å². The molecule has 13 heavy (non-hydrogen) atoms. The highest BCUT2D eigenvalue weighted by Crippen LogP contribution is 2.10. The van der Waals surface area contributed by atoms with Gasteiger partial charge < -0.3 is 9.47 Å². The van der Waals surface area contributed by atoms with Gasteiger partial charge in [0.2, 0.25) is 0 Å². The van der Waals surface area contributed by atoms with E-state index in [1.165, 1.54) is 0 Å². The van der Waals surface area contributed by atoms with Crippen molar-refractivity contribution in [2.45, 2.75) is 65.1 Å². The highest BCUT2D eigenvalue weighted by Gasteiger charge is 2.13. The molecule has 0 bridgehead atoms. The quantitative estimate of drug-likeness (QED) is 0.465. The normalized spacial score (nSPS) is 18.2. The first-order valence-electron chi connectivity index (χ1n) is 5.09. The molecule has 77 valence electrons. The molecule has 0 aromatic carbocycles. The Morgan fingerprint density at radius 1 is 1.00 bits per heavy atom. The van der Waals surface area contributed by atoms with Gasteiger partial charge in [-0.1, -0.05) is 13.8 Å². The Labute approximate surface area is 85.4 Å². The predicted molar refractivity (Wildman–Crippen MR) is 56.0 cm³/mol. The summed E-state index contributed by atoms with van der Waals surface area (Å²) in [5, 5.41) is 0. The Kier molecular flexibility index (Phi) is 7.61. The molecule has 0 saturated heterocycles. The van der Waals surface area contributed by atoms with Crippen molar-refractivity contribution in [3.8, 4) is 0 Å². The van der Waals surface area contributed by atoms with E-state index < -0.39 is 0 Å². The van der Waals surface area contributed by atoms with Gasteiger partial charge in [-0.2, -0.15) is 0 Å². The topological polar surface area (TPSA) is 18.5 Å². The highest BCUT2D eigenvalue weighted by molar-refractivity contribution is 6.08. The first-order valence-corrected chi connectivity index (χ1v) is 5.80. The van der Waals surface area contributed by atoms with E-state index in [4.69, 9.17) is 9.47 Å². The molecule has 2 nitrogen and oxygen atoms in total. The summed E-state index contributed by atoms with van der Waals surface area (Å²) in [7, 11) is 3.43. The monoisotopic (exact) mass is 201 g/mol. The molecule has 0 aliphatic rings. The first-order chi connectivity index (χ1) is 6.13. The van der Waals surface area contributed by atoms with Crippen LogP contribution >= 0.6 is 0 Å². The van der Waals surface area contributed by atoms with Crippen molar-refractivity contribution in [2.24, 2.45) is 0 Å². The summed E-state index contributed by atoms with van der Waals surface area (Å²) in [5.41, 5.74) is 0. The van der Waals surface area contributed by atoms with E-state index in [0.29, 0.717) is 0 Å². The minimum atomic E-state index is -0.110. The lowest BCUT2D eigenvalue weighted by Gasteiger charge is -2.23. The van der Waals surface area contributed by atoms with Gasteiger partial charge in [-0.3, -0.25) is 0 Å². The van der Waals surface area contributed by atoms with Crippen LogP contribution in [0.2, 0.25) is 6.04 Å². The van der Waals surface area contributed by atoms with Crippen LogP contribution in [-0.2, 0) is 9.47 Å². The average molecular weight is 201 g/mol. The minimum Gasteiger partial charge on any atom is -0.350 e. The summed E-state index contributed by atoms with van der Waals surface area (Å²) in [4.78, 5) is 0. The van der Waals surface area contributed by atoms with Gasteiger partial charge >= 0.3 is 0 Å². The summed E-state index contributed by atoms with van der Waals surface area (Å²) in [6.07, 6.45) is 2.47. The largest absolute Gasteiger partial charge is 0.350 e. The molecule has 0 aliphatic heterocycles. The fourth-order valence-electron chi connectivity index (χ4n) is 0.839. The number of ether oxygens (including phenoxy) is 2. The average Bonchev–Trinajstić information content (AvgIpc) is 2.16. The summed E-state index contributed by atoms with van der Waals surface area (Å²) in [5.74, 6) is 0. The molecule has 3 heteroatoms. The van der Waals surface area contributed by atoms with Crippen LogP contribution in [0.15, 0.2) is 0 Å². The maximum atomic E-state index is 5.65. The zero-order valence-corrected chi connectivity index (χ0v) is 10.2. The molecule has 2 unspecified atom stereocenters. The smallest absolute Gasteiger partial charge is 0.155 e. The van der Waals surface area contributed by atoms with Crippen molar-refractivity contribution in [3.63, 3.8) is 0 Å². The van der Waals surface area contributed by atoms with Gasteiger partial charge in [-0.05, 0) is 32.7 Å². The molecule has 0 saturated carbocycles. The van der Waals surface area contributed by atoms with Crippen LogP contribution in [0.25, 0.3) is 0 Å². The van der Waals surface area contributed by atoms with Gasteiger partial charge in [0.15, 0.2) is 6.29 Å². The molecule has 0 aliphatic carbocycles. The minimum absolute atomic E-state index is 0.110. The zero-order valence-electron chi connectivity index (χ0n) is 9.17. The van der Waals surface area contributed by atoms with Gasteiger partial charge in [0.25, 0.3) is 0 Å². The molecule has 0 rings (SSSR count). The van der Waals surface area contributed by atoms with Crippen LogP contribution in [0, 0.1) is 0 Å². The van der Waals surface area contributed by atoms with E-state index >= 15 is 0 Å². The molecule has 2 atom stereocenters. The van der Waals surface area contributed by atoms with Crippen molar-refractivity contribution in [1.82, 2.24) is 0 Å². The highest BCUT2D eigenvalue weighted by atomic mass is 28.1. The van der Waals surface area contributed by atoms with E-state index in [2.05, 4.69) is 37.9 Å². The van der Waals surface area contributed by atoms with Crippen molar-refractivity contribution in [2.75, 3.05) is 0 Å². The van der Waals surface area contributed by atoms with Crippen molar-refractivity contribution >= 4 is 10.2 Å². The van der Waals surface area contributed by atoms with Crippen LogP contribution in [0.4, 0.5) is 0 Å². The third-order valence-electron chi connectivity index (χ3n) is 2.08. The van der Waals surface area contributed by atoms with Crippen LogP contribution in [0.3, 0.4) is 0 Å². The van der Waals surface area contributed by atoms with Crippen LogP contribution in [0.5, 0.6) is 0 Å². The molecular weight excluding hydrogens is 180 g/mol. The maximum Gasteiger partial charge on any atom is 0.155 e. The third kappa shape index (κ3) is 6.24. The summed E-state index contributed by atoms with van der Waals surface area (Å²) >= 11 is 0. The van der Waals surface area contributed by atoms with Gasteiger partial charge in [0.05, 0.1) is 12.2 Å². The Morgan fingerprint density at radius 2 is 1.38 bits per heavy atom. The molecule has 3 radical (unpaired) electrons. The number of hydrogen-bond acceptors (Lipinski definition) is 2. The Hall–Kier alpha value is 0.137. The molecule has 0 heterocycles. The predicted octanol–water partition coefficient (Wildman–Crippen LogP) is 2.53. The lowest BCUT2D eigenvalue weighted by molar-refractivity contribution is -0.177. The number of hydrogen-bond donors (Lipinski definition) is 0. The standard InChI is InChI=1S/C10H21O2Si/c1-5-8(3)11-10(7-13)12-9(4)6-2/h8-10H,5-7H2,1-4H3. The van der Waals surface area contributed by atoms with Gasteiger partial charge in [0, 0.05) is 10.2 Å². The van der Waals surface area contributed by atoms with E-state index in [1.807, 2.05) is 0 Å². The molecule has 0 N–H and O–H groups in total. The van der Waals surface area contributed by atoms with Crippen molar-refractivity contribution in [1.29, 1.82) is 0 Å². The Balaban J connectivity index is 3.74. The number of rotatable bonds is 7. The van der Waals surface area contributed by atoms with Gasteiger partial charge in [0.1, 0.15) is 0 Å². The molecule has 0 amide bonds. The van der Waals surface area contributed by atoms with Crippen molar-refractivity contribution < 1.29 is 9.47 Å². The van der Waals surface area contributed by atoms with E-state index in [-0.39, 0.29) is 18.5 Å². The molecule has 0 aromatic rings. The Morgan fingerprint density at radius 3 is 1.62 bits per heavy atom. The van der Waals surface area contributed by atoms with E-state index in [1.54, 1.807) is 0 Å². The molecular formula is C10H21O2Si. The van der Waals surface area contributed by atoms with Crippen LogP contribution < -0.4 is 0 Å². The molecule has 0 fully saturated rings. The zero-order chi connectivity index (χ0) is 10.3. The lowest BCUT2D eigenvalue weighted by Crippen LogP contribution is -2.25. The second-order valence-corrected chi connectivity index (χ2v) is 3.75. The van der Waals surface area contributed by atoms with Gasteiger partial charge in [-0.25, -0.2) is 0 Å². The fraction of sp³-hybridized carbons (Fsp3) is 1.00. The SMILES string of the molecule is CCC(C)OC(C[Si])OC(C)CC. The Bertz CT molecular complexity index is 107. The summed E-state index contributed by atoms with van der Waals surface area (Å²) in [6.45, 7) is 8.35. The molecule has 0 spiro atoms. The van der Waals surface area contributed by atoms with Crippen molar-refractivity contribution in [3.05, 3.63) is 0 Å². The first kappa shape index (κ1) is 13.1. The van der Waals surface area contributed by atoms with E-state index in [9.17, 15) is 0 Å². The summed E-state index contributed by atoms with van der Waals surface area (Å²) in [6, 6.07) is 0.731. The van der Waals surface area contributed by atoms with Gasteiger partial charge in [-0.15, -0.1) is 0 Å². The van der Waals surface area contributed by atoms with Crippen LogP contribution in [0.1, 0.15) is 40.5 Å². The summed E-state index contributed by atoms with van der Waals surface area (Å²) < 4.78 is 11.3. The third-order valence-corrected chi connectivity index (χ3v) is 2.42. The second kappa shape index (κ2) is 7.53. The lowest BCUT2D eigenvalue weighted by atomic mass is 10.3. The molecule has 0 aromatic heterocycles. The second-order valence-electron chi connectivity index (χ2n) is 3.34.